The Bertz CT molecular complexity index is 1280. The van der Waals surface area contributed by atoms with Gasteiger partial charge in [-0.1, -0.05) is 18.2 Å². The largest absolute Gasteiger partial charge is 0.493 e. The molecule has 10 heteroatoms. The Morgan fingerprint density at radius 3 is 2.14 bits per heavy atom. The third-order valence-electron chi connectivity index (χ3n) is 5.48. The van der Waals surface area contributed by atoms with Gasteiger partial charge < -0.3 is 35.9 Å². The molecule has 3 aromatic rings. The number of anilines is 4. The van der Waals surface area contributed by atoms with E-state index in [1.165, 1.54) is 26.4 Å². The molecule has 3 rings (SSSR count). The third kappa shape index (κ3) is 6.91. The van der Waals surface area contributed by atoms with Gasteiger partial charge in [-0.2, -0.15) is 0 Å². The van der Waals surface area contributed by atoms with Crippen molar-refractivity contribution in [2.45, 2.75) is 19.8 Å². The smallest absolute Gasteiger partial charge is 0.340 e. The van der Waals surface area contributed by atoms with E-state index in [0.29, 0.717) is 34.1 Å². The van der Waals surface area contributed by atoms with Gasteiger partial charge in [0.1, 0.15) is 0 Å². The van der Waals surface area contributed by atoms with E-state index in [1.807, 2.05) is 0 Å². The number of rotatable bonds is 9. The second kappa shape index (κ2) is 12.3. The summed E-state index contributed by atoms with van der Waals surface area (Å²) in [5.41, 5.74) is 8.47. The van der Waals surface area contributed by atoms with Gasteiger partial charge in [-0.05, 0) is 49.7 Å². The number of nitrogens with one attached hydrogen (secondary N) is 3. The van der Waals surface area contributed by atoms with Crippen LogP contribution >= 0.6 is 0 Å². The van der Waals surface area contributed by atoms with Crippen LogP contribution in [0, 0.1) is 0 Å². The molecule has 1 unspecified atom stereocenters. The van der Waals surface area contributed by atoms with Gasteiger partial charge in [-0.15, -0.1) is 0 Å². The summed E-state index contributed by atoms with van der Waals surface area (Å²) < 4.78 is 15.7. The molecule has 194 valence electrons. The van der Waals surface area contributed by atoms with E-state index in [2.05, 4.69) is 16.0 Å². The predicted molar refractivity (Wildman–Crippen MR) is 142 cm³/mol. The Morgan fingerprint density at radius 2 is 1.51 bits per heavy atom. The lowest BCUT2D eigenvalue weighted by molar-refractivity contribution is -0.117. The minimum Gasteiger partial charge on any atom is -0.493 e. The number of esters is 1. The number of nitrogens with two attached hydrogens (primary N) is 1. The highest BCUT2D eigenvalue weighted by molar-refractivity contribution is 6.04. The van der Waals surface area contributed by atoms with Crippen molar-refractivity contribution in [1.29, 1.82) is 0 Å². The normalized spacial score (nSPS) is 11.1. The first kappa shape index (κ1) is 26.9. The van der Waals surface area contributed by atoms with Crippen molar-refractivity contribution in [1.82, 2.24) is 0 Å². The molecule has 3 aromatic carbocycles. The molecular formula is C27H30N4O6. The predicted octanol–water partition coefficient (Wildman–Crippen LogP) is 4.85. The van der Waals surface area contributed by atoms with Gasteiger partial charge in [0.15, 0.2) is 11.5 Å². The van der Waals surface area contributed by atoms with Gasteiger partial charge in [0.2, 0.25) is 5.91 Å². The van der Waals surface area contributed by atoms with Gasteiger partial charge in [0.25, 0.3) is 0 Å². The van der Waals surface area contributed by atoms with Crippen LogP contribution in [0.4, 0.5) is 27.5 Å². The lowest BCUT2D eigenvalue weighted by Crippen LogP contribution is -2.21. The van der Waals surface area contributed by atoms with Crippen molar-refractivity contribution in [3.8, 4) is 11.5 Å². The van der Waals surface area contributed by atoms with Crippen LogP contribution in [-0.2, 0) is 9.53 Å². The number of carbonyl (C=O) groups is 3. The summed E-state index contributed by atoms with van der Waals surface area (Å²) in [6, 6.07) is 16.3. The van der Waals surface area contributed by atoms with Crippen LogP contribution in [0.3, 0.4) is 0 Å². The molecular weight excluding hydrogens is 476 g/mol. The first-order valence-corrected chi connectivity index (χ1v) is 11.5. The van der Waals surface area contributed by atoms with E-state index in [4.69, 9.17) is 19.9 Å². The van der Waals surface area contributed by atoms with Crippen LogP contribution in [0.2, 0.25) is 0 Å². The van der Waals surface area contributed by atoms with Crippen LogP contribution in [-0.4, -0.2) is 38.7 Å². The van der Waals surface area contributed by atoms with Gasteiger partial charge in [-0.25, -0.2) is 9.59 Å². The average molecular weight is 507 g/mol. The Kier molecular flexibility index (Phi) is 8.93. The Balaban J connectivity index is 1.71. The SMILES string of the molecule is CCOC(=O)c1cc(OC)c(OC)cc1NC(=O)C(C)c1ccc(NC(=O)Nc2cccc(N)c2)cc1. The number of carbonyl (C=O) groups excluding carboxylic acids is 3. The summed E-state index contributed by atoms with van der Waals surface area (Å²) in [4.78, 5) is 37.8. The highest BCUT2D eigenvalue weighted by atomic mass is 16.5. The molecule has 1 atom stereocenters. The first-order chi connectivity index (χ1) is 17.7. The van der Waals surface area contributed by atoms with Crippen molar-refractivity contribution in [2.24, 2.45) is 0 Å². The molecule has 0 saturated heterocycles. The molecule has 37 heavy (non-hydrogen) atoms. The van der Waals surface area contributed by atoms with E-state index in [0.717, 1.165) is 0 Å². The topological polar surface area (TPSA) is 141 Å². The molecule has 5 N–H and O–H groups in total. The van der Waals surface area contributed by atoms with E-state index in [1.54, 1.807) is 62.4 Å². The fraction of sp³-hybridized carbons (Fsp3) is 0.222. The van der Waals surface area contributed by atoms with Crippen LogP contribution < -0.4 is 31.2 Å². The number of ether oxygens (including phenoxy) is 3. The maximum atomic E-state index is 13.1. The lowest BCUT2D eigenvalue weighted by Gasteiger charge is -2.17. The third-order valence-corrected chi connectivity index (χ3v) is 5.48. The summed E-state index contributed by atoms with van der Waals surface area (Å²) in [6.07, 6.45) is 0. The van der Waals surface area contributed by atoms with Crippen LogP contribution in [0.1, 0.15) is 35.7 Å². The quantitative estimate of drug-likeness (QED) is 0.240. The monoisotopic (exact) mass is 506 g/mol. The second-order valence-corrected chi connectivity index (χ2v) is 8.01. The van der Waals surface area contributed by atoms with Crippen molar-refractivity contribution < 1.29 is 28.6 Å². The average Bonchev–Trinajstić information content (AvgIpc) is 2.88. The second-order valence-electron chi connectivity index (χ2n) is 8.01. The molecule has 3 amide bonds. The van der Waals surface area contributed by atoms with Crippen molar-refractivity contribution >= 4 is 40.7 Å². The molecule has 10 nitrogen and oxygen atoms in total. The summed E-state index contributed by atoms with van der Waals surface area (Å²) in [6.45, 7) is 3.60. The molecule has 0 aliphatic heterocycles. The number of amides is 3. The first-order valence-electron chi connectivity index (χ1n) is 11.5. The minimum absolute atomic E-state index is 0.144. The molecule has 0 aliphatic carbocycles. The van der Waals surface area contributed by atoms with Crippen molar-refractivity contribution in [3.05, 3.63) is 71.8 Å². The summed E-state index contributed by atoms with van der Waals surface area (Å²) in [5.74, 6) is -0.834. The lowest BCUT2D eigenvalue weighted by atomic mass is 9.99. The molecule has 0 spiro atoms. The maximum Gasteiger partial charge on any atom is 0.340 e. The van der Waals surface area contributed by atoms with Gasteiger partial charge >= 0.3 is 12.0 Å². The minimum atomic E-state index is -0.599. The van der Waals surface area contributed by atoms with E-state index in [9.17, 15) is 14.4 Å². The Morgan fingerprint density at radius 1 is 0.865 bits per heavy atom. The van der Waals surface area contributed by atoms with E-state index in [-0.39, 0.29) is 23.8 Å². The summed E-state index contributed by atoms with van der Waals surface area (Å²) in [7, 11) is 2.91. The van der Waals surface area contributed by atoms with Crippen LogP contribution in [0.25, 0.3) is 0 Å². The van der Waals surface area contributed by atoms with Crippen LogP contribution in [0.5, 0.6) is 11.5 Å². The molecule has 0 aliphatic rings. The maximum absolute atomic E-state index is 13.1. The zero-order valence-electron chi connectivity index (χ0n) is 21.1. The number of urea groups is 1. The fourth-order valence-electron chi connectivity index (χ4n) is 3.52. The zero-order valence-corrected chi connectivity index (χ0v) is 21.1. The number of hydrogen-bond acceptors (Lipinski definition) is 7. The highest BCUT2D eigenvalue weighted by Gasteiger charge is 2.22. The molecule has 0 heterocycles. The zero-order chi connectivity index (χ0) is 26.9. The number of hydrogen-bond donors (Lipinski definition) is 4. The number of methoxy groups -OCH3 is 2. The molecule has 0 aromatic heterocycles. The summed E-state index contributed by atoms with van der Waals surface area (Å²) in [5, 5.41) is 8.22. The van der Waals surface area contributed by atoms with Gasteiger partial charge in [0.05, 0.1) is 38.0 Å². The molecule has 0 fully saturated rings. The van der Waals surface area contributed by atoms with Crippen molar-refractivity contribution in [2.75, 3.05) is 42.5 Å². The number of benzene rings is 3. The van der Waals surface area contributed by atoms with Gasteiger partial charge in [0, 0.05) is 29.2 Å². The van der Waals surface area contributed by atoms with E-state index < -0.39 is 17.9 Å². The fourth-order valence-corrected chi connectivity index (χ4v) is 3.52. The molecule has 0 radical (unpaired) electrons. The van der Waals surface area contributed by atoms with Crippen LogP contribution in [0.15, 0.2) is 60.7 Å². The Hall–Kier alpha value is -4.73. The summed E-state index contributed by atoms with van der Waals surface area (Å²) >= 11 is 0. The number of nitrogen functional groups attached to an aromatic ring is 1. The molecule has 0 saturated carbocycles. The van der Waals surface area contributed by atoms with E-state index >= 15 is 0 Å². The molecule has 0 bridgehead atoms. The van der Waals surface area contributed by atoms with Gasteiger partial charge in [-0.3, -0.25) is 4.79 Å². The standard InChI is InChI=1S/C27H30N4O6/c1-5-37-26(33)21-14-23(35-3)24(36-4)15-22(21)31-25(32)16(2)17-9-11-19(12-10-17)29-27(34)30-20-8-6-7-18(28)13-20/h6-16H,5,28H2,1-4H3,(H,31,32)(H2,29,30,34). The van der Waals surface area contributed by atoms with Crippen molar-refractivity contribution in [3.63, 3.8) is 0 Å². The highest BCUT2D eigenvalue weighted by Crippen LogP contribution is 2.34. The Labute approximate surface area is 215 Å².